The lowest BCUT2D eigenvalue weighted by Gasteiger charge is -2.20. The maximum atomic E-state index is 5.97. The van der Waals surface area contributed by atoms with E-state index >= 15 is 0 Å². The van der Waals surface area contributed by atoms with Crippen LogP contribution in [0.5, 0.6) is 5.75 Å². The lowest BCUT2D eigenvalue weighted by molar-refractivity contribution is 0.114. The van der Waals surface area contributed by atoms with Crippen molar-refractivity contribution in [2.45, 2.75) is 64.8 Å². The standard InChI is InChI=1S/C29H37N3O2/c1-3-5-6-7-8-11-18-34-25-16-14-23(15-17-25)19-24(21-33-4-2)32-22-31-28-20-30-27-13-10-9-12-26(27)29(28)32/h9-10,12-17,20,22,24H,3-8,11,18-19,21H2,1-2H3/t24-/m0/s1. The largest absolute Gasteiger partial charge is 0.494 e. The zero-order chi connectivity index (χ0) is 23.6. The Morgan fingerprint density at radius 3 is 2.47 bits per heavy atom. The van der Waals surface area contributed by atoms with Crippen LogP contribution in [0.1, 0.15) is 64.0 Å². The number of para-hydroxylation sites is 1. The fraction of sp³-hybridized carbons (Fsp3) is 0.448. The molecule has 0 aliphatic rings. The predicted molar refractivity (Wildman–Crippen MR) is 140 cm³/mol. The summed E-state index contributed by atoms with van der Waals surface area (Å²) in [5.41, 5.74) is 4.28. The Balaban J connectivity index is 1.44. The fourth-order valence-corrected chi connectivity index (χ4v) is 4.50. The first-order valence-corrected chi connectivity index (χ1v) is 12.8. The summed E-state index contributed by atoms with van der Waals surface area (Å²) < 4.78 is 14.1. The molecule has 0 fully saturated rings. The second-order valence-corrected chi connectivity index (χ2v) is 8.94. The molecule has 5 nitrogen and oxygen atoms in total. The van der Waals surface area contributed by atoms with Crippen molar-refractivity contribution in [1.29, 1.82) is 0 Å². The summed E-state index contributed by atoms with van der Waals surface area (Å²) in [4.78, 5) is 9.21. The van der Waals surface area contributed by atoms with Gasteiger partial charge < -0.3 is 14.0 Å². The molecule has 1 atom stereocenters. The minimum atomic E-state index is 0.144. The van der Waals surface area contributed by atoms with Crippen molar-refractivity contribution in [3.8, 4) is 5.75 Å². The quantitative estimate of drug-likeness (QED) is 0.188. The van der Waals surface area contributed by atoms with E-state index in [9.17, 15) is 0 Å². The highest BCUT2D eigenvalue weighted by atomic mass is 16.5. The van der Waals surface area contributed by atoms with E-state index in [0.717, 1.165) is 47.1 Å². The summed E-state index contributed by atoms with van der Waals surface area (Å²) in [7, 11) is 0. The highest BCUT2D eigenvalue weighted by Gasteiger charge is 2.17. The predicted octanol–water partition coefficient (Wildman–Crippen LogP) is 7.14. The molecule has 180 valence electrons. The Bertz CT molecular complexity index is 1150. The van der Waals surface area contributed by atoms with E-state index in [1.165, 1.54) is 37.7 Å². The van der Waals surface area contributed by atoms with Gasteiger partial charge in [-0.15, -0.1) is 0 Å². The summed E-state index contributed by atoms with van der Waals surface area (Å²) in [6.45, 7) is 6.41. The van der Waals surface area contributed by atoms with Gasteiger partial charge in [0.1, 0.15) is 11.3 Å². The summed E-state index contributed by atoms with van der Waals surface area (Å²) in [6, 6.07) is 16.9. The summed E-state index contributed by atoms with van der Waals surface area (Å²) >= 11 is 0. The van der Waals surface area contributed by atoms with Gasteiger partial charge in [0.2, 0.25) is 0 Å². The van der Waals surface area contributed by atoms with E-state index in [0.29, 0.717) is 13.2 Å². The fourth-order valence-electron chi connectivity index (χ4n) is 4.50. The van der Waals surface area contributed by atoms with E-state index in [1.54, 1.807) is 0 Å². The molecule has 0 saturated carbocycles. The van der Waals surface area contributed by atoms with Gasteiger partial charge in [-0.05, 0) is 43.5 Å². The van der Waals surface area contributed by atoms with Gasteiger partial charge >= 0.3 is 0 Å². The Hall–Kier alpha value is -2.92. The van der Waals surface area contributed by atoms with E-state index in [-0.39, 0.29) is 6.04 Å². The number of aromatic nitrogens is 3. The van der Waals surface area contributed by atoms with Crippen LogP contribution in [0.25, 0.3) is 21.9 Å². The Labute approximate surface area is 203 Å². The number of imidazole rings is 1. The molecular formula is C29H37N3O2. The second-order valence-electron chi connectivity index (χ2n) is 8.94. The molecule has 0 unspecified atom stereocenters. The first kappa shape index (κ1) is 24.2. The zero-order valence-corrected chi connectivity index (χ0v) is 20.6. The molecule has 0 spiro atoms. The van der Waals surface area contributed by atoms with Crippen molar-refractivity contribution in [2.24, 2.45) is 0 Å². The topological polar surface area (TPSA) is 49.2 Å². The van der Waals surface area contributed by atoms with Crippen LogP contribution in [0.2, 0.25) is 0 Å². The van der Waals surface area contributed by atoms with Crippen molar-refractivity contribution in [2.75, 3.05) is 19.8 Å². The van der Waals surface area contributed by atoms with Crippen LogP contribution in [-0.4, -0.2) is 34.4 Å². The van der Waals surface area contributed by atoms with Crippen LogP contribution < -0.4 is 4.74 Å². The third kappa shape index (κ3) is 6.15. The van der Waals surface area contributed by atoms with E-state index < -0.39 is 0 Å². The number of pyridine rings is 1. The molecule has 2 aromatic carbocycles. The molecular weight excluding hydrogens is 422 g/mol. The van der Waals surface area contributed by atoms with Gasteiger partial charge in [0.05, 0.1) is 42.8 Å². The molecule has 0 aliphatic carbocycles. The minimum Gasteiger partial charge on any atom is -0.494 e. The number of rotatable bonds is 14. The van der Waals surface area contributed by atoms with Gasteiger partial charge in [0.25, 0.3) is 0 Å². The highest BCUT2D eigenvalue weighted by molar-refractivity contribution is 6.02. The van der Waals surface area contributed by atoms with Gasteiger partial charge in [0.15, 0.2) is 0 Å². The zero-order valence-electron chi connectivity index (χ0n) is 20.6. The third-order valence-electron chi connectivity index (χ3n) is 6.38. The van der Waals surface area contributed by atoms with Crippen LogP contribution in [0, 0.1) is 0 Å². The number of hydrogen-bond donors (Lipinski definition) is 0. The molecule has 0 N–H and O–H groups in total. The van der Waals surface area contributed by atoms with Crippen molar-refractivity contribution in [1.82, 2.24) is 14.5 Å². The first-order valence-electron chi connectivity index (χ1n) is 12.8. The van der Waals surface area contributed by atoms with Crippen molar-refractivity contribution in [3.05, 3.63) is 66.6 Å². The van der Waals surface area contributed by atoms with Crippen molar-refractivity contribution in [3.63, 3.8) is 0 Å². The number of ether oxygens (including phenoxy) is 2. The molecule has 34 heavy (non-hydrogen) atoms. The van der Waals surface area contributed by atoms with Crippen LogP contribution >= 0.6 is 0 Å². The molecule has 0 amide bonds. The highest BCUT2D eigenvalue weighted by Crippen LogP contribution is 2.27. The Morgan fingerprint density at radius 1 is 0.853 bits per heavy atom. The van der Waals surface area contributed by atoms with Crippen LogP contribution in [-0.2, 0) is 11.2 Å². The monoisotopic (exact) mass is 459 g/mol. The molecule has 4 aromatic rings. The number of hydrogen-bond acceptors (Lipinski definition) is 4. The average molecular weight is 460 g/mol. The summed E-state index contributed by atoms with van der Waals surface area (Å²) in [5, 5.41) is 1.12. The number of nitrogens with zero attached hydrogens (tertiary/aromatic N) is 3. The van der Waals surface area contributed by atoms with Crippen molar-refractivity contribution >= 4 is 21.9 Å². The van der Waals surface area contributed by atoms with E-state index in [2.05, 4.69) is 57.9 Å². The van der Waals surface area contributed by atoms with Gasteiger partial charge in [-0.25, -0.2) is 4.98 Å². The van der Waals surface area contributed by atoms with Gasteiger partial charge in [-0.2, -0.15) is 0 Å². The van der Waals surface area contributed by atoms with Crippen LogP contribution in [0.15, 0.2) is 61.1 Å². The molecule has 2 aromatic heterocycles. The summed E-state index contributed by atoms with van der Waals surface area (Å²) in [6.07, 6.45) is 12.3. The molecule has 0 aliphatic heterocycles. The maximum absolute atomic E-state index is 5.97. The van der Waals surface area contributed by atoms with Crippen molar-refractivity contribution < 1.29 is 9.47 Å². The molecule has 4 rings (SSSR count). The van der Waals surface area contributed by atoms with E-state index in [4.69, 9.17) is 9.47 Å². The van der Waals surface area contributed by atoms with Crippen LogP contribution in [0.4, 0.5) is 0 Å². The third-order valence-corrected chi connectivity index (χ3v) is 6.38. The molecule has 0 bridgehead atoms. The lowest BCUT2D eigenvalue weighted by Crippen LogP contribution is -2.18. The number of unbranched alkanes of at least 4 members (excludes halogenated alkanes) is 5. The lowest BCUT2D eigenvalue weighted by atomic mass is 10.1. The normalized spacial score (nSPS) is 12.4. The maximum Gasteiger partial charge on any atom is 0.119 e. The second kappa shape index (κ2) is 12.5. The number of benzene rings is 2. The summed E-state index contributed by atoms with van der Waals surface area (Å²) in [5.74, 6) is 0.948. The minimum absolute atomic E-state index is 0.144. The Kier molecular flexibility index (Phi) is 8.91. The average Bonchev–Trinajstić information content (AvgIpc) is 3.31. The molecule has 0 saturated heterocycles. The van der Waals surface area contributed by atoms with Gasteiger partial charge in [0, 0.05) is 12.0 Å². The van der Waals surface area contributed by atoms with Crippen LogP contribution in [0.3, 0.4) is 0 Å². The molecule has 5 heteroatoms. The van der Waals surface area contributed by atoms with E-state index in [1.807, 2.05) is 31.6 Å². The van der Waals surface area contributed by atoms with Gasteiger partial charge in [-0.1, -0.05) is 69.4 Å². The molecule has 2 heterocycles. The Morgan fingerprint density at radius 2 is 1.65 bits per heavy atom. The van der Waals surface area contributed by atoms with Gasteiger partial charge in [-0.3, -0.25) is 4.98 Å². The molecule has 0 radical (unpaired) electrons. The SMILES string of the molecule is CCCCCCCCOc1ccc(C[C@@H](COCC)n2cnc3cnc4ccccc4c32)cc1. The first-order chi connectivity index (χ1) is 16.8. The number of fused-ring (bicyclic) bond motifs is 3. The smallest absolute Gasteiger partial charge is 0.119 e.